The highest BCUT2D eigenvalue weighted by Crippen LogP contribution is 2.31. The van der Waals surface area contributed by atoms with Crippen molar-refractivity contribution in [2.45, 2.75) is 13.8 Å². The largest absolute Gasteiger partial charge is 0.493 e. The maximum Gasteiger partial charge on any atom is 0.257 e. The summed E-state index contributed by atoms with van der Waals surface area (Å²) in [6, 6.07) is 17.3. The first-order chi connectivity index (χ1) is 17.4. The third-order valence-corrected chi connectivity index (χ3v) is 6.22. The van der Waals surface area contributed by atoms with Gasteiger partial charge >= 0.3 is 0 Å². The zero-order chi connectivity index (χ0) is 25.7. The number of aliphatic imine (C=N–C) groups is 1. The van der Waals surface area contributed by atoms with E-state index < -0.39 is 5.82 Å². The summed E-state index contributed by atoms with van der Waals surface area (Å²) in [5.41, 5.74) is 4.64. The van der Waals surface area contributed by atoms with Crippen molar-refractivity contribution in [1.82, 2.24) is 10.2 Å². The van der Waals surface area contributed by atoms with Crippen LogP contribution in [-0.2, 0) is 0 Å². The molecule has 3 aromatic rings. The van der Waals surface area contributed by atoms with Gasteiger partial charge in [-0.3, -0.25) is 10.1 Å². The van der Waals surface area contributed by atoms with Crippen molar-refractivity contribution < 1.29 is 18.7 Å². The van der Waals surface area contributed by atoms with Crippen LogP contribution in [0.2, 0.25) is 0 Å². The number of halogens is 1. The Labute approximate surface area is 211 Å². The number of piperazine rings is 1. The lowest BCUT2D eigenvalue weighted by Crippen LogP contribution is -2.53. The minimum atomic E-state index is -0.395. The van der Waals surface area contributed by atoms with Crippen molar-refractivity contribution in [2.24, 2.45) is 4.99 Å². The van der Waals surface area contributed by atoms with Crippen LogP contribution in [0, 0.1) is 19.7 Å². The van der Waals surface area contributed by atoms with Crippen LogP contribution in [0.15, 0.2) is 65.7 Å². The number of benzene rings is 3. The van der Waals surface area contributed by atoms with Crippen molar-refractivity contribution in [3.05, 3.63) is 83.2 Å². The van der Waals surface area contributed by atoms with Crippen LogP contribution in [0.5, 0.6) is 11.5 Å². The number of guanidine groups is 1. The highest BCUT2D eigenvalue weighted by Gasteiger charge is 2.23. The van der Waals surface area contributed by atoms with Crippen LogP contribution in [0.3, 0.4) is 0 Å². The van der Waals surface area contributed by atoms with Crippen molar-refractivity contribution in [3.8, 4) is 11.5 Å². The van der Waals surface area contributed by atoms with E-state index in [0.29, 0.717) is 41.8 Å². The Morgan fingerprint density at radius 3 is 2.25 bits per heavy atom. The van der Waals surface area contributed by atoms with E-state index >= 15 is 0 Å². The average Bonchev–Trinajstić information content (AvgIpc) is 2.90. The molecule has 1 fully saturated rings. The molecule has 0 radical (unpaired) electrons. The molecular weight excluding hydrogens is 459 g/mol. The normalized spacial score (nSPS) is 14.0. The molecule has 1 N–H and O–H groups in total. The van der Waals surface area contributed by atoms with Gasteiger partial charge in [0.15, 0.2) is 11.5 Å². The molecule has 1 saturated heterocycles. The number of hydrogen-bond acceptors (Lipinski definition) is 5. The minimum absolute atomic E-state index is 0.352. The van der Waals surface area contributed by atoms with Gasteiger partial charge in [-0.05, 0) is 67.4 Å². The molecule has 3 aromatic carbocycles. The summed E-state index contributed by atoms with van der Waals surface area (Å²) in [7, 11) is 3.14. The molecule has 1 amide bonds. The van der Waals surface area contributed by atoms with Crippen molar-refractivity contribution in [2.75, 3.05) is 45.3 Å². The molecule has 4 rings (SSSR count). The molecule has 188 valence electrons. The quantitative estimate of drug-likeness (QED) is 0.415. The van der Waals surface area contributed by atoms with E-state index in [1.165, 1.54) is 41.1 Å². The van der Waals surface area contributed by atoms with Gasteiger partial charge in [0.05, 0.1) is 19.9 Å². The SMILES string of the molecule is COc1ccc(N=C(NC(=O)c2ccc(F)cc2)N2CCN(c3cc(C)ccc3C)CC2)cc1OC. The zero-order valence-electron chi connectivity index (χ0n) is 21.0. The van der Waals surface area contributed by atoms with E-state index in [-0.39, 0.29) is 5.91 Å². The maximum atomic E-state index is 13.4. The zero-order valence-corrected chi connectivity index (χ0v) is 21.0. The number of hydrogen-bond donors (Lipinski definition) is 1. The smallest absolute Gasteiger partial charge is 0.257 e. The number of aryl methyl sites for hydroxylation is 2. The molecule has 0 spiro atoms. The Bertz CT molecular complexity index is 1250. The predicted molar refractivity (Wildman–Crippen MR) is 140 cm³/mol. The molecule has 1 aliphatic heterocycles. The number of nitrogens with one attached hydrogen (secondary N) is 1. The molecule has 0 aliphatic carbocycles. The van der Waals surface area contributed by atoms with Crippen molar-refractivity contribution >= 4 is 23.2 Å². The molecular formula is C28H31FN4O3. The number of carbonyl (C=O) groups excluding carboxylic acids is 1. The number of ether oxygens (including phenoxy) is 2. The van der Waals surface area contributed by atoms with Gasteiger partial charge < -0.3 is 19.3 Å². The molecule has 36 heavy (non-hydrogen) atoms. The predicted octanol–water partition coefficient (Wildman–Crippen LogP) is 4.70. The molecule has 8 heteroatoms. The monoisotopic (exact) mass is 490 g/mol. The van der Waals surface area contributed by atoms with Crippen LogP contribution >= 0.6 is 0 Å². The summed E-state index contributed by atoms with van der Waals surface area (Å²) < 4.78 is 24.1. The lowest BCUT2D eigenvalue weighted by Gasteiger charge is -2.38. The first-order valence-corrected chi connectivity index (χ1v) is 11.8. The molecule has 7 nitrogen and oxygen atoms in total. The molecule has 0 aromatic heterocycles. The van der Waals surface area contributed by atoms with Crippen LogP contribution in [0.1, 0.15) is 21.5 Å². The Kier molecular flexibility index (Phi) is 7.73. The highest BCUT2D eigenvalue weighted by molar-refractivity contribution is 6.06. The number of nitrogens with zero attached hydrogens (tertiary/aromatic N) is 3. The number of anilines is 1. The van der Waals surface area contributed by atoms with Crippen LogP contribution < -0.4 is 19.7 Å². The van der Waals surface area contributed by atoms with Gasteiger partial charge in [0.2, 0.25) is 5.96 Å². The van der Waals surface area contributed by atoms with E-state index in [4.69, 9.17) is 14.5 Å². The standard InChI is InChI=1S/C28H31FN4O3/c1-19-5-6-20(2)24(17-19)32-13-15-33(16-14-32)28(31-27(34)21-7-9-22(29)10-8-21)30-23-11-12-25(35-3)26(18-23)36-4/h5-12,17-18H,13-16H2,1-4H3,(H,30,31,34). The van der Waals surface area contributed by atoms with Gasteiger partial charge in [-0.15, -0.1) is 0 Å². The highest BCUT2D eigenvalue weighted by atomic mass is 19.1. The van der Waals surface area contributed by atoms with Crippen molar-refractivity contribution in [1.29, 1.82) is 0 Å². The second-order valence-corrected chi connectivity index (χ2v) is 8.70. The Balaban J connectivity index is 1.59. The Morgan fingerprint density at radius 1 is 0.889 bits per heavy atom. The van der Waals surface area contributed by atoms with Gasteiger partial charge in [-0.25, -0.2) is 9.38 Å². The average molecular weight is 491 g/mol. The van der Waals surface area contributed by atoms with E-state index in [1.807, 2.05) is 0 Å². The van der Waals surface area contributed by atoms with Gasteiger partial charge in [0.1, 0.15) is 5.82 Å². The van der Waals surface area contributed by atoms with Gasteiger partial charge in [0, 0.05) is 43.5 Å². The molecule has 0 atom stereocenters. The molecule has 1 aliphatic rings. The third-order valence-electron chi connectivity index (χ3n) is 6.22. The first kappa shape index (κ1) is 25.0. The van der Waals surface area contributed by atoms with E-state index in [1.54, 1.807) is 32.4 Å². The number of amides is 1. The summed E-state index contributed by atoms with van der Waals surface area (Å²) in [4.78, 5) is 22.2. The third kappa shape index (κ3) is 5.76. The summed E-state index contributed by atoms with van der Waals surface area (Å²) in [5, 5.41) is 2.94. The molecule has 0 saturated carbocycles. The molecule has 0 bridgehead atoms. The van der Waals surface area contributed by atoms with Crippen molar-refractivity contribution in [3.63, 3.8) is 0 Å². The lowest BCUT2D eigenvalue weighted by atomic mass is 10.1. The van der Waals surface area contributed by atoms with Gasteiger partial charge in [0.25, 0.3) is 5.91 Å². The van der Waals surface area contributed by atoms with Gasteiger partial charge in [-0.1, -0.05) is 12.1 Å². The topological polar surface area (TPSA) is 66.4 Å². The summed E-state index contributed by atoms with van der Waals surface area (Å²) in [6.45, 7) is 7.11. The van der Waals surface area contributed by atoms with E-state index in [0.717, 1.165) is 13.1 Å². The number of methoxy groups -OCH3 is 2. The number of rotatable bonds is 5. The minimum Gasteiger partial charge on any atom is -0.493 e. The molecule has 0 unspecified atom stereocenters. The summed E-state index contributed by atoms with van der Waals surface area (Å²) >= 11 is 0. The second kappa shape index (κ2) is 11.1. The van der Waals surface area contributed by atoms with Crippen LogP contribution in [0.25, 0.3) is 0 Å². The number of carbonyl (C=O) groups is 1. The second-order valence-electron chi connectivity index (χ2n) is 8.70. The van der Waals surface area contributed by atoms with E-state index in [2.05, 4.69) is 47.2 Å². The maximum absolute atomic E-state index is 13.4. The van der Waals surface area contributed by atoms with Gasteiger partial charge in [-0.2, -0.15) is 0 Å². The fraction of sp³-hybridized carbons (Fsp3) is 0.286. The molecule has 1 heterocycles. The van der Waals surface area contributed by atoms with Crippen LogP contribution in [0.4, 0.5) is 15.8 Å². The summed E-state index contributed by atoms with van der Waals surface area (Å²) in [6.07, 6.45) is 0. The fourth-order valence-corrected chi connectivity index (χ4v) is 4.19. The van der Waals surface area contributed by atoms with E-state index in [9.17, 15) is 9.18 Å². The lowest BCUT2D eigenvalue weighted by molar-refractivity contribution is 0.0971. The Hall–Kier alpha value is -4.07. The van der Waals surface area contributed by atoms with Crippen LogP contribution in [-0.4, -0.2) is 57.2 Å². The fourth-order valence-electron chi connectivity index (χ4n) is 4.19. The Morgan fingerprint density at radius 2 is 1.58 bits per heavy atom. The summed E-state index contributed by atoms with van der Waals surface area (Å²) in [5.74, 6) is 0.815. The first-order valence-electron chi connectivity index (χ1n) is 11.8.